The first kappa shape index (κ1) is 19.0. The fourth-order valence-corrected chi connectivity index (χ4v) is 3.14. The van der Waals surface area contributed by atoms with Crippen molar-refractivity contribution in [1.29, 1.82) is 0 Å². The minimum absolute atomic E-state index is 0.0808. The van der Waals surface area contributed by atoms with Gasteiger partial charge in [-0.2, -0.15) is 8.93 Å². The van der Waals surface area contributed by atoms with Crippen LogP contribution in [0, 0.1) is 10.1 Å². The Morgan fingerprint density at radius 1 is 1.33 bits per heavy atom. The average Bonchev–Trinajstić information content (AvgIpc) is 3.14. The van der Waals surface area contributed by atoms with E-state index >= 15 is 0 Å². The summed E-state index contributed by atoms with van der Waals surface area (Å²) in [6, 6.07) is 6.96. The second kappa shape index (κ2) is 7.08. The van der Waals surface area contributed by atoms with Gasteiger partial charge in [0.1, 0.15) is 5.75 Å². The van der Waals surface area contributed by atoms with Crippen LogP contribution in [-0.4, -0.2) is 28.9 Å². The third-order valence-electron chi connectivity index (χ3n) is 3.89. The number of hydrogen-bond acceptors (Lipinski definition) is 6. The van der Waals surface area contributed by atoms with Gasteiger partial charge in [0, 0.05) is 23.2 Å². The molecule has 11 heteroatoms. The van der Waals surface area contributed by atoms with Crippen LogP contribution in [0.25, 0.3) is 5.65 Å². The summed E-state index contributed by atoms with van der Waals surface area (Å²) < 4.78 is 22.0. The number of non-ortho nitro benzene ring substituents is 1. The molecule has 2 N–H and O–H groups in total. The predicted octanol–water partition coefficient (Wildman–Crippen LogP) is 2.57. The number of aromatic amines is 1. The lowest BCUT2D eigenvalue weighted by Gasteiger charge is -2.15. The molecule has 0 aliphatic carbocycles. The number of nitrogens with zero attached hydrogens (tertiary/aromatic N) is 4. The molecule has 3 rings (SSSR count). The Labute approximate surface area is 157 Å². The second-order valence-electron chi connectivity index (χ2n) is 7.08. The lowest BCUT2D eigenvalue weighted by atomic mass is 9.93. The van der Waals surface area contributed by atoms with Crippen molar-refractivity contribution in [2.75, 3.05) is 0 Å². The van der Waals surface area contributed by atoms with E-state index in [2.05, 4.69) is 40.8 Å². The molecule has 3 aromatic rings. The maximum Gasteiger partial charge on any atom is 0.288 e. The average molecular weight is 392 g/mol. The maximum atomic E-state index is 12.2. The number of H-pyrrole nitrogens is 1. The van der Waals surface area contributed by atoms with Crippen LogP contribution >= 0.6 is 0 Å². The predicted molar refractivity (Wildman–Crippen MR) is 99.5 cm³/mol. The minimum atomic E-state index is -1.93. The van der Waals surface area contributed by atoms with Crippen molar-refractivity contribution >= 4 is 22.6 Å². The molecule has 27 heavy (non-hydrogen) atoms. The molecular formula is C16H20N6O4S. The monoisotopic (exact) mass is 392 g/mol. The summed E-state index contributed by atoms with van der Waals surface area (Å²) in [7, 11) is 0. The van der Waals surface area contributed by atoms with E-state index in [1.807, 2.05) is 6.07 Å². The molecule has 0 bridgehead atoms. The van der Waals surface area contributed by atoms with Crippen molar-refractivity contribution in [3.63, 3.8) is 0 Å². The fourth-order valence-electron chi connectivity index (χ4n) is 2.42. The highest BCUT2D eigenvalue weighted by molar-refractivity contribution is 7.78. The Balaban J connectivity index is 1.73. The molecule has 0 amide bonds. The highest BCUT2D eigenvalue weighted by Crippen LogP contribution is 2.23. The van der Waals surface area contributed by atoms with E-state index < -0.39 is 22.2 Å². The normalized spacial score (nSPS) is 14.2. The summed E-state index contributed by atoms with van der Waals surface area (Å²) in [6.45, 7) is 8.00. The number of aromatic nitrogens is 4. The van der Waals surface area contributed by atoms with Crippen LogP contribution < -0.4 is 8.91 Å². The van der Waals surface area contributed by atoms with E-state index in [1.54, 1.807) is 11.4 Å². The van der Waals surface area contributed by atoms with Crippen molar-refractivity contribution in [3.8, 4) is 5.75 Å². The number of hydrogen-bond donors (Lipinski definition) is 2. The SMILES string of the molecule is CC(NS(=O)Oc1cccc([N+](=O)[O-])c1)c1nnc2cc(C(C)(C)C)[nH]n12. The zero-order valence-corrected chi connectivity index (χ0v) is 16.1. The molecule has 10 nitrogen and oxygen atoms in total. The molecule has 2 unspecified atom stereocenters. The Hall–Kier alpha value is -2.79. The van der Waals surface area contributed by atoms with Gasteiger partial charge in [0.05, 0.1) is 17.0 Å². The summed E-state index contributed by atoms with van der Waals surface area (Å²) in [4.78, 5) is 10.3. The van der Waals surface area contributed by atoms with Crippen LogP contribution in [0.4, 0.5) is 5.69 Å². The number of nitro groups is 1. The molecule has 144 valence electrons. The van der Waals surface area contributed by atoms with E-state index in [-0.39, 0.29) is 16.9 Å². The van der Waals surface area contributed by atoms with Gasteiger partial charge in [-0.05, 0) is 13.0 Å². The molecule has 0 spiro atoms. The fraction of sp³-hybridized carbons (Fsp3) is 0.375. The number of nitro benzene ring substituents is 1. The van der Waals surface area contributed by atoms with Crippen molar-refractivity contribution in [2.45, 2.75) is 39.2 Å². The van der Waals surface area contributed by atoms with Gasteiger partial charge in [0.2, 0.25) is 0 Å². The van der Waals surface area contributed by atoms with E-state index in [0.717, 1.165) is 5.69 Å². The van der Waals surface area contributed by atoms with Crippen LogP contribution in [-0.2, 0) is 16.7 Å². The largest absolute Gasteiger partial charge is 0.389 e. The molecule has 2 heterocycles. The van der Waals surface area contributed by atoms with Gasteiger partial charge in [-0.1, -0.05) is 26.8 Å². The van der Waals surface area contributed by atoms with Crippen LogP contribution in [0.2, 0.25) is 0 Å². The van der Waals surface area contributed by atoms with Gasteiger partial charge in [0.25, 0.3) is 17.0 Å². The van der Waals surface area contributed by atoms with Crippen molar-refractivity contribution in [2.24, 2.45) is 0 Å². The van der Waals surface area contributed by atoms with Crippen molar-refractivity contribution in [3.05, 3.63) is 52.0 Å². The summed E-state index contributed by atoms with van der Waals surface area (Å²) in [5, 5.41) is 22.3. The molecule has 0 radical (unpaired) electrons. The highest BCUT2D eigenvalue weighted by atomic mass is 32.2. The van der Waals surface area contributed by atoms with Crippen LogP contribution in [0.3, 0.4) is 0 Å². The molecule has 2 atom stereocenters. The van der Waals surface area contributed by atoms with Gasteiger partial charge < -0.3 is 4.18 Å². The topological polar surface area (TPSA) is 127 Å². The summed E-state index contributed by atoms with van der Waals surface area (Å²) in [5.74, 6) is 0.667. The lowest BCUT2D eigenvalue weighted by Crippen LogP contribution is -2.26. The zero-order valence-electron chi connectivity index (χ0n) is 15.3. The van der Waals surface area contributed by atoms with Crippen molar-refractivity contribution < 1.29 is 13.3 Å². The van der Waals surface area contributed by atoms with Crippen molar-refractivity contribution in [1.82, 2.24) is 24.5 Å². The minimum Gasteiger partial charge on any atom is -0.389 e. The number of rotatable bonds is 6. The first-order valence-corrected chi connectivity index (χ1v) is 9.28. The molecule has 1 aromatic carbocycles. The molecule has 0 saturated heterocycles. The molecule has 0 fully saturated rings. The number of nitrogens with one attached hydrogen (secondary N) is 2. The van der Waals surface area contributed by atoms with E-state index in [1.165, 1.54) is 24.3 Å². The molecule has 2 aromatic heterocycles. The summed E-state index contributed by atoms with van der Waals surface area (Å²) in [6.07, 6.45) is 0. The van der Waals surface area contributed by atoms with Gasteiger partial charge in [-0.15, -0.1) is 10.2 Å². The molecule has 0 aliphatic heterocycles. The first-order valence-electron chi connectivity index (χ1n) is 8.20. The molecule has 0 aliphatic rings. The van der Waals surface area contributed by atoms with E-state index in [9.17, 15) is 14.3 Å². The lowest BCUT2D eigenvalue weighted by molar-refractivity contribution is -0.384. The standard InChI is InChI=1S/C16H20N6O4S/c1-10(15-18-17-14-9-13(16(2,3)4)19-21(14)15)20-27(25)26-12-7-5-6-11(8-12)22(23)24/h5-10,19-20H,1-4H3. The summed E-state index contributed by atoms with van der Waals surface area (Å²) in [5.41, 5.74) is 1.43. The number of fused-ring (bicyclic) bond motifs is 1. The smallest absolute Gasteiger partial charge is 0.288 e. The van der Waals surface area contributed by atoms with Crippen LogP contribution in [0.1, 0.15) is 45.3 Å². The van der Waals surface area contributed by atoms with Gasteiger partial charge in [-0.3, -0.25) is 15.2 Å². The quantitative estimate of drug-likeness (QED) is 0.490. The zero-order chi connectivity index (χ0) is 19.8. The van der Waals surface area contributed by atoms with Crippen LogP contribution in [0.15, 0.2) is 30.3 Å². The third-order valence-corrected chi connectivity index (χ3v) is 4.78. The van der Waals surface area contributed by atoms with Gasteiger partial charge in [-0.25, -0.2) is 4.52 Å². The number of benzene rings is 1. The van der Waals surface area contributed by atoms with E-state index in [4.69, 9.17) is 4.18 Å². The second-order valence-corrected chi connectivity index (χ2v) is 7.96. The Morgan fingerprint density at radius 3 is 2.74 bits per heavy atom. The Morgan fingerprint density at radius 2 is 2.07 bits per heavy atom. The molecular weight excluding hydrogens is 372 g/mol. The Kier molecular flexibility index (Phi) is 4.98. The van der Waals surface area contributed by atoms with Crippen LogP contribution in [0.5, 0.6) is 5.75 Å². The first-order chi connectivity index (χ1) is 12.6. The van der Waals surface area contributed by atoms with E-state index in [0.29, 0.717) is 11.5 Å². The Bertz CT molecular complexity index is 1010. The van der Waals surface area contributed by atoms with Gasteiger partial charge >= 0.3 is 0 Å². The van der Waals surface area contributed by atoms with Gasteiger partial charge in [0.15, 0.2) is 11.5 Å². The maximum absolute atomic E-state index is 12.2. The summed E-state index contributed by atoms with van der Waals surface area (Å²) >= 11 is -1.93. The highest BCUT2D eigenvalue weighted by Gasteiger charge is 2.22. The third kappa shape index (κ3) is 4.14. The molecule has 0 saturated carbocycles.